The van der Waals surface area contributed by atoms with E-state index in [2.05, 4.69) is 23.5 Å². The number of amides is 2. The standard InChI is InChI=1S/C16H22N2O2/c1-18(8-9-19)16(20)17-14-10-12-6-2-4-11-5-3-7-13(14)15(11)12/h3,5,7,12,14,19H,2,4,6,8-10H2,1H3,(H,17,20). The summed E-state index contributed by atoms with van der Waals surface area (Å²) in [6.45, 7) is 0.368. The molecule has 0 saturated carbocycles. The lowest BCUT2D eigenvalue weighted by molar-refractivity contribution is 0.186. The first-order valence-electron chi connectivity index (χ1n) is 7.45. The Labute approximate surface area is 119 Å². The fourth-order valence-corrected chi connectivity index (χ4v) is 3.63. The van der Waals surface area contributed by atoms with E-state index >= 15 is 0 Å². The van der Waals surface area contributed by atoms with Crippen molar-refractivity contribution in [3.63, 3.8) is 0 Å². The lowest BCUT2D eigenvalue weighted by Gasteiger charge is -2.21. The quantitative estimate of drug-likeness (QED) is 0.887. The minimum Gasteiger partial charge on any atom is -0.395 e. The Morgan fingerprint density at radius 1 is 1.50 bits per heavy atom. The fourth-order valence-electron chi connectivity index (χ4n) is 3.63. The number of carbonyl (C=O) groups is 1. The molecular weight excluding hydrogens is 252 g/mol. The second-order valence-corrected chi connectivity index (χ2v) is 5.89. The number of aryl methyl sites for hydroxylation is 1. The predicted molar refractivity (Wildman–Crippen MR) is 77.7 cm³/mol. The molecule has 2 unspecified atom stereocenters. The maximum Gasteiger partial charge on any atom is 0.317 e. The normalized spacial score (nSPS) is 23.3. The van der Waals surface area contributed by atoms with Crippen LogP contribution in [0.15, 0.2) is 18.2 Å². The van der Waals surface area contributed by atoms with Crippen molar-refractivity contribution < 1.29 is 9.90 Å². The summed E-state index contributed by atoms with van der Waals surface area (Å²) in [6.07, 6.45) is 4.69. The van der Waals surface area contributed by atoms with E-state index in [-0.39, 0.29) is 18.7 Å². The van der Waals surface area contributed by atoms with Crippen LogP contribution in [0.3, 0.4) is 0 Å². The van der Waals surface area contributed by atoms with Crippen molar-refractivity contribution in [3.05, 3.63) is 34.9 Å². The van der Waals surface area contributed by atoms with Crippen molar-refractivity contribution in [1.29, 1.82) is 0 Å². The van der Waals surface area contributed by atoms with Gasteiger partial charge in [-0.25, -0.2) is 4.79 Å². The van der Waals surface area contributed by atoms with Gasteiger partial charge in [0, 0.05) is 13.6 Å². The number of carbonyl (C=O) groups excluding carboxylic acids is 1. The summed E-state index contributed by atoms with van der Waals surface area (Å²) < 4.78 is 0. The molecule has 2 aliphatic rings. The van der Waals surface area contributed by atoms with E-state index in [0.717, 1.165) is 6.42 Å². The van der Waals surface area contributed by atoms with Gasteiger partial charge in [-0.2, -0.15) is 0 Å². The molecule has 0 aromatic heterocycles. The molecule has 0 spiro atoms. The zero-order valence-electron chi connectivity index (χ0n) is 11.9. The zero-order valence-corrected chi connectivity index (χ0v) is 11.9. The van der Waals surface area contributed by atoms with Crippen molar-refractivity contribution in [2.75, 3.05) is 20.2 Å². The van der Waals surface area contributed by atoms with Gasteiger partial charge in [0.1, 0.15) is 0 Å². The van der Waals surface area contributed by atoms with Crippen molar-refractivity contribution in [2.24, 2.45) is 0 Å². The van der Waals surface area contributed by atoms with E-state index in [9.17, 15) is 4.79 Å². The van der Waals surface area contributed by atoms with Crippen molar-refractivity contribution in [1.82, 2.24) is 10.2 Å². The second kappa shape index (κ2) is 5.44. The van der Waals surface area contributed by atoms with Gasteiger partial charge in [0.15, 0.2) is 0 Å². The van der Waals surface area contributed by atoms with Crippen LogP contribution in [0, 0.1) is 0 Å². The van der Waals surface area contributed by atoms with Gasteiger partial charge in [0.25, 0.3) is 0 Å². The van der Waals surface area contributed by atoms with Gasteiger partial charge in [-0.3, -0.25) is 0 Å². The molecule has 1 aromatic carbocycles. The van der Waals surface area contributed by atoms with E-state index in [1.807, 2.05) is 0 Å². The highest BCUT2D eigenvalue weighted by Crippen LogP contribution is 2.47. The molecule has 0 aliphatic heterocycles. The Balaban J connectivity index is 1.78. The molecular formula is C16H22N2O2. The lowest BCUT2D eigenvalue weighted by Crippen LogP contribution is -2.40. The number of rotatable bonds is 3. The highest BCUT2D eigenvalue weighted by Gasteiger charge is 2.35. The molecule has 0 bridgehead atoms. The number of hydrogen-bond donors (Lipinski definition) is 2. The average Bonchev–Trinajstić information content (AvgIpc) is 2.80. The molecule has 2 aliphatic carbocycles. The first kappa shape index (κ1) is 13.4. The Morgan fingerprint density at radius 3 is 3.15 bits per heavy atom. The third kappa shape index (κ3) is 2.29. The Hall–Kier alpha value is -1.55. The summed E-state index contributed by atoms with van der Waals surface area (Å²) in [5.74, 6) is 0.614. The average molecular weight is 274 g/mol. The van der Waals surface area contributed by atoms with Gasteiger partial charge < -0.3 is 15.3 Å². The Morgan fingerprint density at radius 2 is 2.35 bits per heavy atom. The first-order chi connectivity index (χ1) is 9.70. The molecule has 20 heavy (non-hydrogen) atoms. The molecule has 0 radical (unpaired) electrons. The molecule has 3 rings (SSSR count). The highest BCUT2D eigenvalue weighted by atomic mass is 16.3. The number of benzene rings is 1. The minimum absolute atomic E-state index is 0.00204. The van der Waals surface area contributed by atoms with Gasteiger partial charge >= 0.3 is 6.03 Å². The third-order valence-corrected chi connectivity index (χ3v) is 4.61. The summed E-state index contributed by atoms with van der Waals surface area (Å²) in [7, 11) is 1.72. The third-order valence-electron chi connectivity index (χ3n) is 4.61. The lowest BCUT2D eigenvalue weighted by atomic mass is 9.84. The van der Waals surface area contributed by atoms with E-state index in [1.165, 1.54) is 40.9 Å². The van der Waals surface area contributed by atoms with Crippen molar-refractivity contribution in [2.45, 2.75) is 37.6 Å². The second-order valence-electron chi connectivity index (χ2n) is 5.89. The van der Waals surface area contributed by atoms with Crippen LogP contribution in [0.1, 0.15) is 47.9 Å². The molecule has 0 heterocycles. The topological polar surface area (TPSA) is 52.6 Å². The Kier molecular flexibility index (Phi) is 3.66. The number of nitrogens with zero attached hydrogens (tertiary/aromatic N) is 1. The fraction of sp³-hybridized carbons (Fsp3) is 0.562. The van der Waals surface area contributed by atoms with Crippen molar-refractivity contribution in [3.8, 4) is 0 Å². The van der Waals surface area contributed by atoms with E-state index in [1.54, 1.807) is 7.05 Å². The van der Waals surface area contributed by atoms with Crippen LogP contribution in [-0.2, 0) is 6.42 Å². The molecule has 108 valence electrons. The summed E-state index contributed by atoms with van der Waals surface area (Å²) in [4.78, 5) is 13.6. The number of nitrogens with one attached hydrogen (secondary N) is 1. The number of aliphatic hydroxyl groups is 1. The SMILES string of the molecule is CN(CCO)C(=O)NC1CC2CCCc3cccc1c32. The molecule has 0 fully saturated rings. The van der Waals surface area contributed by atoms with E-state index in [4.69, 9.17) is 5.11 Å². The van der Waals surface area contributed by atoms with Gasteiger partial charge in [0.05, 0.1) is 12.6 Å². The van der Waals surface area contributed by atoms with Crippen LogP contribution in [0.2, 0.25) is 0 Å². The molecule has 4 heteroatoms. The van der Waals surface area contributed by atoms with E-state index in [0.29, 0.717) is 12.5 Å². The molecule has 1 aromatic rings. The summed E-state index contributed by atoms with van der Waals surface area (Å²) in [6, 6.07) is 6.52. The first-order valence-corrected chi connectivity index (χ1v) is 7.45. The van der Waals surface area contributed by atoms with Crippen molar-refractivity contribution >= 4 is 6.03 Å². The summed E-state index contributed by atoms with van der Waals surface area (Å²) in [5, 5.41) is 12.0. The number of aliphatic hydroxyl groups excluding tert-OH is 1. The number of hydrogen-bond acceptors (Lipinski definition) is 2. The number of likely N-dealkylation sites (N-methyl/N-ethyl adjacent to an activating group) is 1. The van der Waals surface area contributed by atoms with Crippen LogP contribution < -0.4 is 5.32 Å². The molecule has 0 saturated heterocycles. The maximum absolute atomic E-state index is 12.1. The monoisotopic (exact) mass is 274 g/mol. The molecule has 2 N–H and O–H groups in total. The smallest absolute Gasteiger partial charge is 0.317 e. The number of urea groups is 1. The largest absolute Gasteiger partial charge is 0.395 e. The van der Waals surface area contributed by atoms with Gasteiger partial charge in [0.2, 0.25) is 0 Å². The summed E-state index contributed by atoms with van der Waals surface area (Å²) >= 11 is 0. The van der Waals surface area contributed by atoms with Crippen LogP contribution in [0.4, 0.5) is 4.79 Å². The zero-order chi connectivity index (χ0) is 14.1. The Bertz CT molecular complexity index is 515. The van der Waals surface area contributed by atoms with Crippen LogP contribution >= 0.6 is 0 Å². The molecule has 2 amide bonds. The highest BCUT2D eigenvalue weighted by molar-refractivity contribution is 5.74. The predicted octanol–water partition coefficient (Wildman–Crippen LogP) is 2.18. The van der Waals surface area contributed by atoms with Crippen LogP contribution in [0.25, 0.3) is 0 Å². The van der Waals surface area contributed by atoms with E-state index < -0.39 is 0 Å². The van der Waals surface area contributed by atoms with Crippen LogP contribution in [0.5, 0.6) is 0 Å². The minimum atomic E-state index is -0.0969. The molecule has 2 atom stereocenters. The van der Waals surface area contributed by atoms with Gasteiger partial charge in [-0.15, -0.1) is 0 Å². The van der Waals surface area contributed by atoms with Gasteiger partial charge in [-0.05, 0) is 48.3 Å². The summed E-state index contributed by atoms with van der Waals surface area (Å²) in [5.41, 5.74) is 4.27. The maximum atomic E-state index is 12.1. The van der Waals surface area contributed by atoms with Gasteiger partial charge in [-0.1, -0.05) is 18.2 Å². The van der Waals surface area contributed by atoms with Crippen LogP contribution in [-0.4, -0.2) is 36.2 Å². The molecule has 4 nitrogen and oxygen atoms in total.